The van der Waals surface area contributed by atoms with Crippen LogP contribution in [0.15, 0.2) is 12.1 Å². The lowest BCUT2D eigenvalue weighted by molar-refractivity contribution is 0.0795. The number of nitrogens with zero attached hydrogens (tertiary/aromatic N) is 2. The zero-order chi connectivity index (χ0) is 16.0. The quantitative estimate of drug-likeness (QED) is 0.869. The third kappa shape index (κ3) is 5.03. The molecule has 0 saturated carbocycles. The Hall–Kier alpha value is -1.58. The van der Waals surface area contributed by atoms with E-state index in [1.165, 1.54) is 0 Å². The molecule has 0 aliphatic carbocycles. The Morgan fingerprint density at radius 3 is 2.43 bits per heavy atom. The zero-order valence-electron chi connectivity index (χ0n) is 14.3. The fraction of sp³-hybridized carbons (Fsp3) is 0.647. The molecular formula is C17H29N3O. The first-order valence-corrected chi connectivity index (χ1v) is 7.81. The van der Waals surface area contributed by atoms with Gasteiger partial charge in [0, 0.05) is 36.8 Å². The summed E-state index contributed by atoms with van der Waals surface area (Å²) in [6.45, 7) is 12.2. The van der Waals surface area contributed by atoms with Gasteiger partial charge in [0.1, 0.15) is 5.82 Å². The first-order valence-electron chi connectivity index (χ1n) is 7.81. The Balaban J connectivity index is 3.15. The van der Waals surface area contributed by atoms with Gasteiger partial charge in [0.25, 0.3) is 5.91 Å². The van der Waals surface area contributed by atoms with Gasteiger partial charge in [0.15, 0.2) is 0 Å². The minimum atomic E-state index is -0.0811. The smallest absolute Gasteiger partial charge is 0.253 e. The summed E-state index contributed by atoms with van der Waals surface area (Å²) >= 11 is 0. The SMILES string of the molecule is CCCNc1cc(C(=O)N(C)CCC)cc(C(C)(C)C)n1. The Morgan fingerprint density at radius 2 is 1.90 bits per heavy atom. The molecule has 1 amide bonds. The van der Waals surface area contributed by atoms with E-state index < -0.39 is 0 Å². The van der Waals surface area contributed by atoms with E-state index in [-0.39, 0.29) is 11.3 Å². The molecule has 1 heterocycles. The molecule has 0 aliphatic heterocycles. The van der Waals surface area contributed by atoms with Crippen molar-refractivity contribution in [1.82, 2.24) is 9.88 Å². The summed E-state index contributed by atoms with van der Waals surface area (Å²) in [5.41, 5.74) is 1.57. The van der Waals surface area contributed by atoms with Crippen LogP contribution in [0.5, 0.6) is 0 Å². The molecule has 0 saturated heterocycles. The van der Waals surface area contributed by atoms with Crippen molar-refractivity contribution < 1.29 is 4.79 Å². The van der Waals surface area contributed by atoms with Crippen LogP contribution in [0.3, 0.4) is 0 Å². The monoisotopic (exact) mass is 291 g/mol. The van der Waals surface area contributed by atoms with Crippen molar-refractivity contribution in [2.45, 2.75) is 52.9 Å². The molecular weight excluding hydrogens is 262 g/mol. The van der Waals surface area contributed by atoms with Gasteiger partial charge >= 0.3 is 0 Å². The number of anilines is 1. The predicted molar refractivity (Wildman–Crippen MR) is 89.0 cm³/mol. The highest BCUT2D eigenvalue weighted by Gasteiger charge is 2.20. The Kier molecular flexibility index (Phi) is 6.19. The van der Waals surface area contributed by atoms with E-state index in [4.69, 9.17) is 0 Å². The van der Waals surface area contributed by atoms with Crippen molar-refractivity contribution in [3.8, 4) is 0 Å². The Labute approximate surface area is 129 Å². The second-order valence-corrected chi connectivity index (χ2v) is 6.53. The minimum absolute atomic E-state index is 0.0595. The normalized spacial score (nSPS) is 11.3. The summed E-state index contributed by atoms with van der Waals surface area (Å²) < 4.78 is 0. The van der Waals surface area contributed by atoms with Gasteiger partial charge in [0.05, 0.1) is 0 Å². The summed E-state index contributed by atoms with van der Waals surface area (Å²) in [6, 6.07) is 3.78. The van der Waals surface area contributed by atoms with Gasteiger partial charge in [-0.15, -0.1) is 0 Å². The number of hydrogen-bond acceptors (Lipinski definition) is 3. The zero-order valence-corrected chi connectivity index (χ0v) is 14.3. The average molecular weight is 291 g/mol. The minimum Gasteiger partial charge on any atom is -0.370 e. The lowest BCUT2D eigenvalue weighted by atomic mass is 9.90. The van der Waals surface area contributed by atoms with Gasteiger partial charge in [-0.2, -0.15) is 0 Å². The number of rotatable bonds is 6. The number of aromatic nitrogens is 1. The number of nitrogens with one attached hydrogen (secondary N) is 1. The molecule has 21 heavy (non-hydrogen) atoms. The fourth-order valence-electron chi connectivity index (χ4n) is 2.04. The molecule has 1 aromatic rings. The van der Waals surface area contributed by atoms with Gasteiger partial charge in [0.2, 0.25) is 0 Å². The van der Waals surface area contributed by atoms with E-state index in [2.05, 4.69) is 44.9 Å². The molecule has 0 radical (unpaired) electrons. The van der Waals surface area contributed by atoms with Crippen LogP contribution >= 0.6 is 0 Å². The van der Waals surface area contributed by atoms with E-state index in [0.717, 1.165) is 37.4 Å². The number of carbonyl (C=O) groups is 1. The maximum Gasteiger partial charge on any atom is 0.253 e. The standard InChI is InChI=1S/C17H29N3O/c1-7-9-18-15-12-13(16(21)20(6)10-8-2)11-14(19-15)17(3,4)5/h11-12H,7-10H2,1-6H3,(H,18,19). The van der Waals surface area contributed by atoms with Crippen molar-refractivity contribution in [2.75, 3.05) is 25.5 Å². The lowest BCUT2D eigenvalue weighted by Gasteiger charge is -2.22. The molecule has 0 spiro atoms. The van der Waals surface area contributed by atoms with Crippen LogP contribution in [0.25, 0.3) is 0 Å². The third-order valence-corrected chi connectivity index (χ3v) is 3.30. The maximum atomic E-state index is 12.5. The number of pyridine rings is 1. The van der Waals surface area contributed by atoms with E-state index in [1.807, 2.05) is 19.2 Å². The van der Waals surface area contributed by atoms with Gasteiger partial charge in [-0.25, -0.2) is 4.98 Å². The third-order valence-electron chi connectivity index (χ3n) is 3.30. The van der Waals surface area contributed by atoms with Gasteiger partial charge in [-0.1, -0.05) is 34.6 Å². The molecule has 0 aromatic carbocycles. The van der Waals surface area contributed by atoms with Gasteiger partial charge in [-0.3, -0.25) is 4.79 Å². The van der Waals surface area contributed by atoms with E-state index >= 15 is 0 Å². The molecule has 0 unspecified atom stereocenters. The van der Waals surface area contributed by atoms with Crippen LogP contribution in [0.4, 0.5) is 5.82 Å². The van der Waals surface area contributed by atoms with Crippen LogP contribution in [-0.4, -0.2) is 35.9 Å². The van der Waals surface area contributed by atoms with Crippen molar-refractivity contribution in [3.63, 3.8) is 0 Å². The second kappa shape index (κ2) is 7.43. The van der Waals surface area contributed by atoms with Gasteiger partial charge in [-0.05, 0) is 25.0 Å². The number of hydrogen-bond donors (Lipinski definition) is 1. The molecule has 0 aliphatic rings. The summed E-state index contributed by atoms with van der Waals surface area (Å²) in [5.74, 6) is 0.849. The van der Waals surface area contributed by atoms with Crippen molar-refractivity contribution in [2.24, 2.45) is 0 Å². The topological polar surface area (TPSA) is 45.2 Å². The summed E-state index contributed by atoms with van der Waals surface area (Å²) in [6.07, 6.45) is 1.99. The van der Waals surface area contributed by atoms with Crippen LogP contribution in [0.1, 0.15) is 63.5 Å². The van der Waals surface area contributed by atoms with Crippen molar-refractivity contribution in [3.05, 3.63) is 23.4 Å². The molecule has 4 nitrogen and oxygen atoms in total. The van der Waals surface area contributed by atoms with Crippen LogP contribution in [-0.2, 0) is 5.41 Å². The van der Waals surface area contributed by atoms with Crippen LogP contribution < -0.4 is 5.32 Å². The predicted octanol–water partition coefficient (Wildman–Crippen LogP) is 3.68. The Bertz CT molecular complexity index is 477. The number of carbonyl (C=O) groups excluding carboxylic acids is 1. The molecule has 1 N–H and O–H groups in total. The van der Waals surface area contributed by atoms with Crippen LogP contribution in [0, 0.1) is 0 Å². The molecule has 0 bridgehead atoms. The van der Waals surface area contributed by atoms with Gasteiger partial charge < -0.3 is 10.2 Å². The summed E-state index contributed by atoms with van der Waals surface area (Å²) in [5, 5.41) is 3.29. The fourth-order valence-corrected chi connectivity index (χ4v) is 2.04. The average Bonchev–Trinajstić information content (AvgIpc) is 2.43. The first-order chi connectivity index (χ1) is 9.79. The Morgan fingerprint density at radius 1 is 1.24 bits per heavy atom. The van der Waals surface area contributed by atoms with E-state index in [0.29, 0.717) is 5.56 Å². The first kappa shape index (κ1) is 17.5. The highest BCUT2D eigenvalue weighted by Crippen LogP contribution is 2.24. The lowest BCUT2D eigenvalue weighted by Crippen LogP contribution is -2.28. The molecule has 1 rings (SSSR count). The largest absolute Gasteiger partial charge is 0.370 e. The molecule has 0 fully saturated rings. The van der Waals surface area contributed by atoms with Crippen LogP contribution in [0.2, 0.25) is 0 Å². The summed E-state index contributed by atoms with van der Waals surface area (Å²) in [7, 11) is 1.85. The molecule has 118 valence electrons. The maximum absolute atomic E-state index is 12.5. The van der Waals surface area contributed by atoms with E-state index in [9.17, 15) is 4.79 Å². The van der Waals surface area contributed by atoms with E-state index in [1.54, 1.807) is 4.90 Å². The molecule has 4 heteroatoms. The highest BCUT2D eigenvalue weighted by molar-refractivity contribution is 5.95. The molecule has 0 atom stereocenters. The van der Waals surface area contributed by atoms with Crippen molar-refractivity contribution in [1.29, 1.82) is 0 Å². The summed E-state index contributed by atoms with van der Waals surface area (Å²) in [4.78, 5) is 18.9. The second-order valence-electron chi connectivity index (χ2n) is 6.53. The molecule has 1 aromatic heterocycles. The number of amides is 1. The van der Waals surface area contributed by atoms with Crippen molar-refractivity contribution >= 4 is 11.7 Å². The highest BCUT2D eigenvalue weighted by atomic mass is 16.2.